The predicted octanol–water partition coefficient (Wildman–Crippen LogP) is 5.17. The van der Waals surface area contributed by atoms with E-state index in [4.69, 9.17) is 0 Å². The van der Waals surface area contributed by atoms with Gasteiger partial charge < -0.3 is 0 Å². The molecule has 2 aliphatic rings. The van der Waals surface area contributed by atoms with Crippen LogP contribution in [0.2, 0.25) is 0 Å². The minimum Gasteiger partial charge on any atom is -0.0648 e. The molecule has 0 bridgehead atoms. The molecule has 2 unspecified atom stereocenters. The Labute approximate surface area is 95.8 Å². The summed E-state index contributed by atoms with van der Waals surface area (Å²) in [6.45, 7) is 4.97. The first kappa shape index (κ1) is 11.5. The van der Waals surface area contributed by atoms with Crippen molar-refractivity contribution in [3.8, 4) is 0 Å². The van der Waals surface area contributed by atoms with Gasteiger partial charge in [0, 0.05) is 0 Å². The molecule has 2 fully saturated rings. The zero-order valence-electron chi connectivity index (χ0n) is 10.7. The lowest BCUT2D eigenvalue weighted by Gasteiger charge is -2.48. The van der Waals surface area contributed by atoms with Gasteiger partial charge in [-0.25, -0.2) is 0 Å². The van der Waals surface area contributed by atoms with Crippen molar-refractivity contribution in [2.45, 2.75) is 78.1 Å². The highest BCUT2D eigenvalue weighted by Gasteiger charge is 2.41. The van der Waals surface area contributed by atoms with E-state index < -0.39 is 0 Å². The highest BCUT2D eigenvalue weighted by Crippen LogP contribution is 2.52. The maximum absolute atomic E-state index is 2.52. The van der Waals surface area contributed by atoms with Crippen molar-refractivity contribution in [3.05, 3.63) is 0 Å². The third-order valence-electron chi connectivity index (χ3n) is 5.45. The van der Waals surface area contributed by atoms with Gasteiger partial charge in [-0.05, 0) is 36.5 Å². The second-order valence-electron chi connectivity index (χ2n) is 6.14. The summed E-state index contributed by atoms with van der Waals surface area (Å²) < 4.78 is 0. The molecule has 15 heavy (non-hydrogen) atoms. The average molecular weight is 208 g/mol. The summed E-state index contributed by atoms with van der Waals surface area (Å²) in [4.78, 5) is 0. The normalized spacial score (nSPS) is 36.4. The van der Waals surface area contributed by atoms with Crippen LogP contribution >= 0.6 is 0 Å². The molecule has 0 saturated heterocycles. The first-order valence-electron chi connectivity index (χ1n) is 7.28. The Morgan fingerprint density at radius 2 is 1.60 bits per heavy atom. The van der Waals surface area contributed by atoms with E-state index in [0.29, 0.717) is 0 Å². The SMILES string of the molecule is CCC1(C2CCCCC2C)CCCCC1. The van der Waals surface area contributed by atoms with Crippen LogP contribution in [0.1, 0.15) is 78.1 Å². The van der Waals surface area contributed by atoms with Crippen LogP contribution in [0.5, 0.6) is 0 Å². The van der Waals surface area contributed by atoms with Crippen molar-refractivity contribution in [2.24, 2.45) is 17.3 Å². The molecule has 0 aromatic rings. The fourth-order valence-corrected chi connectivity index (χ4v) is 4.47. The fraction of sp³-hybridized carbons (Fsp3) is 1.00. The largest absolute Gasteiger partial charge is 0.0648 e. The van der Waals surface area contributed by atoms with E-state index in [9.17, 15) is 0 Å². The molecule has 0 N–H and O–H groups in total. The lowest BCUT2D eigenvalue weighted by Crippen LogP contribution is -2.37. The lowest BCUT2D eigenvalue weighted by molar-refractivity contribution is 0.0279. The number of hydrogen-bond donors (Lipinski definition) is 0. The molecule has 2 saturated carbocycles. The lowest BCUT2D eigenvalue weighted by atomic mass is 9.57. The molecule has 0 amide bonds. The highest BCUT2D eigenvalue weighted by molar-refractivity contribution is 4.91. The molecule has 0 aromatic carbocycles. The summed E-state index contributed by atoms with van der Waals surface area (Å²) in [7, 11) is 0. The second kappa shape index (κ2) is 4.89. The topological polar surface area (TPSA) is 0 Å². The molecule has 0 spiro atoms. The first-order chi connectivity index (χ1) is 7.28. The van der Waals surface area contributed by atoms with Crippen molar-refractivity contribution in [1.29, 1.82) is 0 Å². The quantitative estimate of drug-likeness (QED) is 0.587. The standard InChI is InChI=1S/C15H28/c1-3-15(11-7-4-8-12-15)14-10-6-5-9-13(14)2/h13-14H,3-12H2,1-2H3. The van der Waals surface area contributed by atoms with Gasteiger partial charge in [0.1, 0.15) is 0 Å². The van der Waals surface area contributed by atoms with Crippen LogP contribution in [0.3, 0.4) is 0 Å². The van der Waals surface area contributed by atoms with Crippen molar-refractivity contribution in [1.82, 2.24) is 0 Å². The van der Waals surface area contributed by atoms with Gasteiger partial charge in [-0.15, -0.1) is 0 Å². The Morgan fingerprint density at radius 1 is 0.933 bits per heavy atom. The van der Waals surface area contributed by atoms with Crippen LogP contribution in [-0.2, 0) is 0 Å². The maximum Gasteiger partial charge on any atom is -0.0269 e. The Bertz CT molecular complexity index is 188. The van der Waals surface area contributed by atoms with Crippen molar-refractivity contribution >= 4 is 0 Å². The van der Waals surface area contributed by atoms with Crippen LogP contribution < -0.4 is 0 Å². The van der Waals surface area contributed by atoms with Crippen LogP contribution in [0, 0.1) is 17.3 Å². The van der Waals surface area contributed by atoms with E-state index in [1.165, 1.54) is 51.4 Å². The number of rotatable bonds is 2. The molecular formula is C15H28. The zero-order chi connectivity index (χ0) is 10.7. The van der Waals surface area contributed by atoms with Crippen LogP contribution in [0.25, 0.3) is 0 Å². The van der Waals surface area contributed by atoms with Gasteiger partial charge in [0.15, 0.2) is 0 Å². The summed E-state index contributed by atoms with van der Waals surface area (Å²) in [5, 5.41) is 0. The third kappa shape index (κ3) is 2.24. The van der Waals surface area contributed by atoms with Gasteiger partial charge in [0.2, 0.25) is 0 Å². The van der Waals surface area contributed by atoms with Crippen molar-refractivity contribution in [3.63, 3.8) is 0 Å². The summed E-state index contributed by atoms with van der Waals surface area (Å²) in [5.74, 6) is 2.08. The van der Waals surface area contributed by atoms with Gasteiger partial charge in [0.25, 0.3) is 0 Å². The van der Waals surface area contributed by atoms with Gasteiger partial charge in [-0.1, -0.05) is 58.8 Å². The smallest absolute Gasteiger partial charge is 0.0269 e. The van der Waals surface area contributed by atoms with Crippen LogP contribution in [0.15, 0.2) is 0 Å². The Morgan fingerprint density at radius 3 is 2.20 bits per heavy atom. The van der Waals surface area contributed by atoms with E-state index in [1.807, 2.05) is 0 Å². The Balaban J connectivity index is 2.08. The van der Waals surface area contributed by atoms with E-state index >= 15 is 0 Å². The number of hydrogen-bond acceptors (Lipinski definition) is 0. The monoisotopic (exact) mass is 208 g/mol. The molecule has 0 heteroatoms. The van der Waals surface area contributed by atoms with Gasteiger partial charge >= 0.3 is 0 Å². The van der Waals surface area contributed by atoms with Crippen molar-refractivity contribution in [2.75, 3.05) is 0 Å². The zero-order valence-corrected chi connectivity index (χ0v) is 10.7. The fourth-order valence-electron chi connectivity index (χ4n) is 4.47. The van der Waals surface area contributed by atoms with Gasteiger partial charge in [-0.2, -0.15) is 0 Å². The minimum absolute atomic E-state index is 0.762. The summed E-state index contributed by atoms with van der Waals surface area (Å²) in [5.41, 5.74) is 0.762. The van der Waals surface area contributed by atoms with E-state index in [-0.39, 0.29) is 0 Å². The highest BCUT2D eigenvalue weighted by atomic mass is 14.5. The summed E-state index contributed by atoms with van der Waals surface area (Å²) in [6, 6.07) is 0. The van der Waals surface area contributed by atoms with Crippen LogP contribution in [-0.4, -0.2) is 0 Å². The maximum atomic E-state index is 2.52. The second-order valence-corrected chi connectivity index (χ2v) is 6.14. The van der Waals surface area contributed by atoms with E-state index in [1.54, 1.807) is 12.8 Å². The Hall–Kier alpha value is 0. The molecular weight excluding hydrogens is 180 g/mol. The molecule has 0 nitrogen and oxygen atoms in total. The summed E-state index contributed by atoms with van der Waals surface area (Å²) >= 11 is 0. The molecule has 2 aliphatic carbocycles. The summed E-state index contributed by atoms with van der Waals surface area (Å²) in [6.07, 6.45) is 15.1. The van der Waals surface area contributed by atoms with Gasteiger partial charge in [0.05, 0.1) is 0 Å². The molecule has 0 aromatic heterocycles. The molecule has 88 valence electrons. The molecule has 2 rings (SSSR count). The molecule has 0 aliphatic heterocycles. The minimum atomic E-state index is 0.762. The predicted molar refractivity (Wildman–Crippen MR) is 66.9 cm³/mol. The molecule has 0 heterocycles. The third-order valence-corrected chi connectivity index (χ3v) is 5.45. The van der Waals surface area contributed by atoms with Crippen LogP contribution in [0.4, 0.5) is 0 Å². The average Bonchev–Trinajstić information content (AvgIpc) is 2.30. The first-order valence-corrected chi connectivity index (χ1v) is 7.28. The molecule has 2 atom stereocenters. The molecule has 0 radical (unpaired) electrons. The van der Waals surface area contributed by atoms with E-state index in [0.717, 1.165) is 17.3 Å². The van der Waals surface area contributed by atoms with Crippen molar-refractivity contribution < 1.29 is 0 Å². The van der Waals surface area contributed by atoms with Gasteiger partial charge in [-0.3, -0.25) is 0 Å². The van der Waals surface area contributed by atoms with E-state index in [2.05, 4.69) is 13.8 Å². The Kier molecular flexibility index (Phi) is 3.74.